The normalized spacial score (nSPS) is 12.3. The molecule has 1 N–H and O–H groups in total. The minimum Gasteiger partial charge on any atom is -0.468 e. The van der Waals surface area contributed by atoms with Crippen LogP contribution in [0.4, 0.5) is 0 Å². The molecule has 4 nitrogen and oxygen atoms in total. The molecule has 0 fully saturated rings. The van der Waals surface area contributed by atoms with Crippen molar-refractivity contribution in [1.29, 1.82) is 0 Å². The maximum Gasteiger partial charge on any atom is 0.230 e. The Kier molecular flexibility index (Phi) is 4.15. The van der Waals surface area contributed by atoms with Gasteiger partial charge in [-0.1, -0.05) is 0 Å². The number of aryl methyl sites for hydroxylation is 1. The van der Waals surface area contributed by atoms with E-state index < -0.39 is 0 Å². The highest BCUT2D eigenvalue weighted by molar-refractivity contribution is 8.00. The lowest BCUT2D eigenvalue weighted by atomic mass is 10.2. The standard InChI is InChI=1S/C13H15NO3S/c1-9(11-4-3-6-17-11)14-13(15)8-18-12-5-7-16-10(12)2/h3-7,9H,8H2,1-2H3,(H,14,15)/t9-/m0/s1. The second kappa shape index (κ2) is 5.82. The summed E-state index contributed by atoms with van der Waals surface area (Å²) in [7, 11) is 0. The Labute approximate surface area is 110 Å². The van der Waals surface area contributed by atoms with Gasteiger partial charge in [-0.2, -0.15) is 0 Å². The van der Waals surface area contributed by atoms with Crippen molar-refractivity contribution >= 4 is 17.7 Å². The fourth-order valence-corrected chi connectivity index (χ4v) is 2.33. The van der Waals surface area contributed by atoms with Crippen LogP contribution in [0.3, 0.4) is 0 Å². The zero-order valence-corrected chi connectivity index (χ0v) is 11.1. The van der Waals surface area contributed by atoms with Crippen LogP contribution in [0.2, 0.25) is 0 Å². The van der Waals surface area contributed by atoms with Crippen LogP contribution in [0.15, 0.2) is 44.5 Å². The Morgan fingerprint density at radius 3 is 2.83 bits per heavy atom. The van der Waals surface area contributed by atoms with Gasteiger partial charge < -0.3 is 14.2 Å². The first kappa shape index (κ1) is 12.8. The summed E-state index contributed by atoms with van der Waals surface area (Å²) in [6.07, 6.45) is 3.22. The van der Waals surface area contributed by atoms with Crippen LogP contribution in [0, 0.1) is 6.92 Å². The molecule has 0 bridgehead atoms. The van der Waals surface area contributed by atoms with E-state index in [-0.39, 0.29) is 11.9 Å². The van der Waals surface area contributed by atoms with Crippen molar-refractivity contribution < 1.29 is 13.6 Å². The summed E-state index contributed by atoms with van der Waals surface area (Å²) in [5, 5.41) is 2.88. The number of amides is 1. The third-order valence-corrected chi connectivity index (χ3v) is 3.66. The van der Waals surface area contributed by atoms with E-state index in [0.717, 1.165) is 16.4 Å². The Morgan fingerprint density at radius 2 is 2.22 bits per heavy atom. The highest BCUT2D eigenvalue weighted by Gasteiger charge is 2.12. The molecule has 5 heteroatoms. The van der Waals surface area contributed by atoms with E-state index in [1.54, 1.807) is 12.5 Å². The van der Waals surface area contributed by atoms with E-state index in [2.05, 4.69) is 5.32 Å². The highest BCUT2D eigenvalue weighted by atomic mass is 32.2. The van der Waals surface area contributed by atoms with E-state index in [9.17, 15) is 4.79 Å². The Morgan fingerprint density at radius 1 is 1.39 bits per heavy atom. The monoisotopic (exact) mass is 265 g/mol. The molecule has 96 valence electrons. The van der Waals surface area contributed by atoms with Crippen LogP contribution in [-0.2, 0) is 4.79 Å². The largest absolute Gasteiger partial charge is 0.468 e. The number of furan rings is 2. The molecule has 0 spiro atoms. The average Bonchev–Trinajstić information content (AvgIpc) is 2.97. The van der Waals surface area contributed by atoms with Crippen molar-refractivity contribution in [2.24, 2.45) is 0 Å². The number of carbonyl (C=O) groups is 1. The summed E-state index contributed by atoms with van der Waals surface area (Å²) < 4.78 is 10.4. The van der Waals surface area contributed by atoms with E-state index in [0.29, 0.717) is 5.75 Å². The second-order valence-electron chi connectivity index (χ2n) is 3.93. The van der Waals surface area contributed by atoms with Crippen LogP contribution in [0.25, 0.3) is 0 Å². The fraction of sp³-hybridized carbons (Fsp3) is 0.308. The number of thioether (sulfide) groups is 1. The first-order valence-corrected chi connectivity index (χ1v) is 6.65. The number of hydrogen-bond acceptors (Lipinski definition) is 4. The van der Waals surface area contributed by atoms with E-state index in [1.807, 2.05) is 32.0 Å². The van der Waals surface area contributed by atoms with Crippen molar-refractivity contribution in [3.8, 4) is 0 Å². The molecular formula is C13H15NO3S. The Hall–Kier alpha value is -1.62. The fourth-order valence-electron chi connectivity index (χ4n) is 1.56. The maximum atomic E-state index is 11.8. The predicted molar refractivity (Wildman–Crippen MR) is 69.4 cm³/mol. The van der Waals surface area contributed by atoms with Crippen LogP contribution in [-0.4, -0.2) is 11.7 Å². The molecular weight excluding hydrogens is 250 g/mol. The molecule has 2 aromatic heterocycles. The van der Waals surface area contributed by atoms with Gasteiger partial charge >= 0.3 is 0 Å². The van der Waals surface area contributed by atoms with Crippen molar-refractivity contribution in [1.82, 2.24) is 5.32 Å². The molecule has 0 aromatic carbocycles. The molecule has 0 unspecified atom stereocenters. The molecule has 0 aliphatic heterocycles. The van der Waals surface area contributed by atoms with Crippen molar-refractivity contribution in [3.05, 3.63) is 42.2 Å². The summed E-state index contributed by atoms with van der Waals surface area (Å²) in [4.78, 5) is 12.7. The van der Waals surface area contributed by atoms with E-state index in [1.165, 1.54) is 11.8 Å². The smallest absolute Gasteiger partial charge is 0.230 e. The summed E-state index contributed by atoms with van der Waals surface area (Å²) >= 11 is 1.46. The molecule has 0 aliphatic rings. The first-order valence-electron chi connectivity index (χ1n) is 5.66. The third kappa shape index (κ3) is 3.20. The molecule has 1 atom stereocenters. The van der Waals surface area contributed by atoms with Gasteiger partial charge in [-0.3, -0.25) is 4.79 Å². The molecule has 2 rings (SSSR count). The first-order chi connectivity index (χ1) is 8.66. The van der Waals surface area contributed by atoms with Crippen molar-refractivity contribution in [2.45, 2.75) is 24.8 Å². The number of nitrogens with one attached hydrogen (secondary N) is 1. The SMILES string of the molecule is Cc1occc1SCC(=O)N[C@@H](C)c1ccco1. The molecule has 0 radical (unpaired) electrons. The number of hydrogen-bond donors (Lipinski definition) is 1. The van der Waals surface area contributed by atoms with Gasteiger partial charge in [-0.25, -0.2) is 0 Å². The van der Waals surface area contributed by atoms with E-state index in [4.69, 9.17) is 8.83 Å². The lowest BCUT2D eigenvalue weighted by molar-refractivity contribution is -0.119. The summed E-state index contributed by atoms with van der Waals surface area (Å²) in [5.41, 5.74) is 0. The highest BCUT2D eigenvalue weighted by Crippen LogP contribution is 2.23. The van der Waals surface area contributed by atoms with Gasteiger partial charge in [0.1, 0.15) is 11.5 Å². The average molecular weight is 265 g/mol. The summed E-state index contributed by atoms with van der Waals surface area (Å²) in [6, 6.07) is 5.40. The zero-order chi connectivity index (χ0) is 13.0. The van der Waals surface area contributed by atoms with Gasteiger partial charge in [0.05, 0.1) is 24.3 Å². The van der Waals surface area contributed by atoms with Crippen molar-refractivity contribution in [2.75, 3.05) is 5.75 Å². The molecule has 0 aliphatic carbocycles. The molecule has 2 aromatic rings. The van der Waals surface area contributed by atoms with Crippen LogP contribution in [0.1, 0.15) is 24.5 Å². The van der Waals surface area contributed by atoms with Crippen molar-refractivity contribution in [3.63, 3.8) is 0 Å². The third-order valence-electron chi connectivity index (χ3n) is 2.52. The zero-order valence-electron chi connectivity index (χ0n) is 10.3. The van der Waals surface area contributed by atoms with Crippen LogP contribution in [0.5, 0.6) is 0 Å². The van der Waals surface area contributed by atoms with E-state index >= 15 is 0 Å². The predicted octanol–water partition coefficient (Wildman–Crippen LogP) is 3.15. The van der Waals surface area contributed by atoms with Gasteiger partial charge in [0.15, 0.2) is 0 Å². The lowest BCUT2D eigenvalue weighted by Gasteiger charge is -2.10. The summed E-state index contributed by atoms with van der Waals surface area (Å²) in [6.45, 7) is 3.77. The quantitative estimate of drug-likeness (QED) is 0.844. The van der Waals surface area contributed by atoms with Gasteiger partial charge in [0.2, 0.25) is 5.91 Å². The molecule has 18 heavy (non-hydrogen) atoms. The number of carbonyl (C=O) groups excluding carboxylic acids is 1. The topological polar surface area (TPSA) is 55.4 Å². The van der Waals surface area contributed by atoms with Crippen LogP contribution < -0.4 is 5.32 Å². The Balaban J connectivity index is 1.81. The second-order valence-corrected chi connectivity index (χ2v) is 4.95. The summed E-state index contributed by atoms with van der Waals surface area (Å²) in [5.74, 6) is 1.94. The van der Waals surface area contributed by atoms with Gasteiger partial charge in [-0.15, -0.1) is 11.8 Å². The minimum atomic E-state index is -0.112. The molecule has 1 amide bonds. The van der Waals surface area contributed by atoms with Gasteiger partial charge in [0.25, 0.3) is 0 Å². The molecule has 0 saturated heterocycles. The maximum absolute atomic E-state index is 11.8. The molecule has 2 heterocycles. The van der Waals surface area contributed by atoms with Crippen LogP contribution >= 0.6 is 11.8 Å². The molecule has 0 saturated carbocycles. The minimum absolute atomic E-state index is 0.0236. The lowest BCUT2D eigenvalue weighted by Crippen LogP contribution is -2.27. The Bertz CT molecular complexity index is 504. The van der Waals surface area contributed by atoms with Gasteiger partial charge in [-0.05, 0) is 32.0 Å². The number of rotatable bonds is 5. The van der Waals surface area contributed by atoms with Gasteiger partial charge in [0, 0.05) is 4.90 Å².